The van der Waals surface area contributed by atoms with Gasteiger partial charge in [0.05, 0.1) is 5.92 Å². The molecule has 2 amide bonds. The summed E-state index contributed by atoms with van der Waals surface area (Å²) in [5, 5.41) is 11.9. The van der Waals surface area contributed by atoms with Gasteiger partial charge in [-0.1, -0.05) is 63.2 Å². The third-order valence-electron chi connectivity index (χ3n) is 3.69. The molecular weight excluding hydrogens is 304 g/mol. The van der Waals surface area contributed by atoms with Gasteiger partial charge in [0.25, 0.3) is 5.91 Å². The summed E-state index contributed by atoms with van der Waals surface area (Å²) in [4.78, 5) is 24.1. The van der Waals surface area contributed by atoms with E-state index in [0.29, 0.717) is 5.69 Å². The van der Waals surface area contributed by atoms with Crippen molar-refractivity contribution in [3.8, 4) is 0 Å². The highest BCUT2D eigenvalue weighted by Crippen LogP contribution is 2.26. The lowest BCUT2D eigenvalue weighted by atomic mass is 9.90. The van der Waals surface area contributed by atoms with Gasteiger partial charge in [0.2, 0.25) is 5.91 Å². The second kappa shape index (κ2) is 7.27. The first-order valence-corrected chi connectivity index (χ1v) is 7.73. The molecular formula is C19H22N2O3. The number of carbonyl (C=O) groups excluding carboxylic acids is 2. The number of carbonyl (C=O) groups is 2. The average Bonchev–Trinajstić information content (AvgIpc) is 2.56. The lowest BCUT2D eigenvalue weighted by Crippen LogP contribution is -2.28. The molecule has 2 aromatic rings. The van der Waals surface area contributed by atoms with Gasteiger partial charge in [0.15, 0.2) is 0 Å². The Morgan fingerprint density at radius 2 is 1.46 bits per heavy atom. The molecule has 2 rings (SSSR count). The van der Waals surface area contributed by atoms with E-state index in [1.54, 1.807) is 29.7 Å². The predicted octanol–water partition coefficient (Wildman–Crippen LogP) is 3.31. The van der Waals surface area contributed by atoms with Crippen molar-refractivity contribution in [3.05, 3.63) is 65.7 Å². The summed E-state index contributed by atoms with van der Waals surface area (Å²) in [6.07, 6.45) is 0. The van der Waals surface area contributed by atoms with Crippen molar-refractivity contribution in [3.63, 3.8) is 0 Å². The van der Waals surface area contributed by atoms with E-state index in [1.807, 2.05) is 51.1 Å². The fraction of sp³-hybridized carbons (Fsp3) is 0.263. The molecule has 0 aliphatic rings. The van der Waals surface area contributed by atoms with Gasteiger partial charge < -0.3 is 5.32 Å². The van der Waals surface area contributed by atoms with Gasteiger partial charge in [-0.2, -0.15) is 0 Å². The SMILES string of the molecule is CC(C)(C)C(=O)Nc1ccc(C(C(=O)NO)c2ccccc2)cc1. The highest BCUT2D eigenvalue weighted by molar-refractivity contribution is 5.94. The Balaban J connectivity index is 2.26. The van der Waals surface area contributed by atoms with Crippen molar-refractivity contribution >= 4 is 17.5 Å². The Morgan fingerprint density at radius 3 is 1.96 bits per heavy atom. The van der Waals surface area contributed by atoms with Crippen LogP contribution in [-0.2, 0) is 9.59 Å². The minimum Gasteiger partial charge on any atom is -0.326 e. The quantitative estimate of drug-likeness (QED) is 0.596. The van der Waals surface area contributed by atoms with E-state index in [0.717, 1.165) is 11.1 Å². The summed E-state index contributed by atoms with van der Waals surface area (Å²) < 4.78 is 0. The molecule has 3 N–H and O–H groups in total. The first kappa shape index (κ1) is 17.7. The van der Waals surface area contributed by atoms with E-state index in [4.69, 9.17) is 5.21 Å². The van der Waals surface area contributed by atoms with Crippen molar-refractivity contribution in [2.75, 3.05) is 5.32 Å². The largest absolute Gasteiger partial charge is 0.326 e. The molecule has 0 bridgehead atoms. The van der Waals surface area contributed by atoms with Crippen LogP contribution in [0.15, 0.2) is 54.6 Å². The van der Waals surface area contributed by atoms with Crippen LogP contribution in [0.3, 0.4) is 0 Å². The lowest BCUT2D eigenvalue weighted by Gasteiger charge is -2.19. The summed E-state index contributed by atoms with van der Waals surface area (Å²) in [7, 11) is 0. The Hall–Kier alpha value is -2.66. The summed E-state index contributed by atoms with van der Waals surface area (Å²) in [6.45, 7) is 5.52. The molecule has 126 valence electrons. The van der Waals surface area contributed by atoms with Crippen LogP contribution < -0.4 is 10.8 Å². The van der Waals surface area contributed by atoms with E-state index in [2.05, 4.69) is 5.32 Å². The molecule has 1 unspecified atom stereocenters. The number of hydrogen-bond donors (Lipinski definition) is 3. The zero-order valence-electron chi connectivity index (χ0n) is 14.0. The summed E-state index contributed by atoms with van der Waals surface area (Å²) in [5.74, 6) is -1.21. The third kappa shape index (κ3) is 4.20. The fourth-order valence-corrected chi connectivity index (χ4v) is 2.28. The second-order valence-electron chi connectivity index (χ2n) is 6.65. The number of hydrogen-bond acceptors (Lipinski definition) is 3. The highest BCUT2D eigenvalue weighted by Gasteiger charge is 2.23. The third-order valence-corrected chi connectivity index (χ3v) is 3.69. The number of anilines is 1. The Morgan fingerprint density at radius 1 is 0.917 bits per heavy atom. The first-order chi connectivity index (χ1) is 11.3. The van der Waals surface area contributed by atoms with Crippen LogP contribution in [0.1, 0.15) is 37.8 Å². The number of benzene rings is 2. The molecule has 0 saturated heterocycles. The van der Waals surface area contributed by atoms with Crippen molar-refractivity contribution in [1.29, 1.82) is 0 Å². The number of amides is 2. The highest BCUT2D eigenvalue weighted by atomic mass is 16.5. The Bertz CT molecular complexity index is 704. The second-order valence-corrected chi connectivity index (χ2v) is 6.65. The van der Waals surface area contributed by atoms with E-state index in [1.165, 1.54) is 0 Å². The molecule has 24 heavy (non-hydrogen) atoms. The van der Waals surface area contributed by atoms with Crippen LogP contribution in [0.2, 0.25) is 0 Å². The van der Waals surface area contributed by atoms with Crippen molar-refractivity contribution < 1.29 is 14.8 Å². The van der Waals surface area contributed by atoms with Crippen LogP contribution in [0.5, 0.6) is 0 Å². The zero-order valence-corrected chi connectivity index (χ0v) is 14.0. The minimum absolute atomic E-state index is 0.0806. The molecule has 0 heterocycles. The normalized spacial score (nSPS) is 12.3. The molecule has 0 aliphatic heterocycles. The van der Waals surface area contributed by atoms with Gasteiger partial charge in [-0.3, -0.25) is 14.8 Å². The van der Waals surface area contributed by atoms with Gasteiger partial charge in [0.1, 0.15) is 0 Å². The molecule has 0 spiro atoms. The monoisotopic (exact) mass is 326 g/mol. The molecule has 0 aliphatic carbocycles. The summed E-state index contributed by atoms with van der Waals surface area (Å²) in [6, 6.07) is 16.2. The molecule has 5 heteroatoms. The van der Waals surface area contributed by atoms with Crippen LogP contribution in [0.25, 0.3) is 0 Å². The van der Waals surface area contributed by atoms with Crippen LogP contribution in [0, 0.1) is 5.41 Å². The van der Waals surface area contributed by atoms with E-state index in [-0.39, 0.29) is 5.91 Å². The summed E-state index contributed by atoms with van der Waals surface area (Å²) in [5.41, 5.74) is 3.40. The van der Waals surface area contributed by atoms with Crippen molar-refractivity contribution in [1.82, 2.24) is 5.48 Å². The van der Waals surface area contributed by atoms with Crippen molar-refractivity contribution in [2.24, 2.45) is 5.41 Å². The number of rotatable bonds is 4. The topological polar surface area (TPSA) is 78.4 Å². The molecule has 0 fully saturated rings. The summed E-state index contributed by atoms with van der Waals surface area (Å²) >= 11 is 0. The molecule has 2 aromatic carbocycles. The Kier molecular flexibility index (Phi) is 5.36. The van der Waals surface area contributed by atoms with Gasteiger partial charge in [-0.15, -0.1) is 0 Å². The van der Waals surface area contributed by atoms with Crippen LogP contribution in [0.4, 0.5) is 5.69 Å². The smallest absolute Gasteiger partial charge is 0.255 e. The molecule has 0 aromatic heterocycles. The fourth-order valence-electron chi connectivity index (χ4n) is 2.28. The van der Waals surface area contributed by atoms with Crippen molar-refractivity contribution in [2.45, 2.75) is 26.7 Å². The van der Waals surface area contributed by atoms with E-state index in [9.17, 15) is 9.59 Å². The number of hydroxylamine groups is 1. The van der Waals surface area contributed by atoms with E-state index >= 15 is 0 Å². The van der Waals surface area contributed by atoms with E-state index < -0.39 is 17.2 Å². The maximum atomic E-state index is 12.1. The Labute approximate surface area is 141 Å². The van der Waals surface area contributed by atoms with Crippen LogP contribution >= 0.6 is 0 Å². The maximum absolute atomic E-state index is 12.1. The standard InChI is InChI=1S/C19H22N2O3/c1-19(2,3)18(23)20-15-11-9-14(10-12-15)16(17(22)21-24)13-7-5-4-6-8-13/h4-12,16,24H,1-3H3,(H,20,23)(H,21,22). The maximum Gasteiger partial charge on any atom is 0.255 e. The molecule has 0 saturated carbocycles. The lowest BCUT2D eigenvalue weighted by molar-refractivity contribution is -0.129. The molecule has 1 atom stereocenters. The molecule has 0 radical (unpaired) electrons. The minimum atomic E-state index is -0.622. The van der Waals surface area contributed by atoms with Gasteiger partial charge in [-0.05, 0) is 23.3 Å². The zero-order chi connectivity index (χ0) is 17.7. The number of nitrogens with one attached hydrogen (secondary N) is 2. The molecule has 5 nitrogen and oxygen atoms in total. The first-order valence-electron chi connectivity index (χ1n) is 7.73. The van der Waals surface area contributed by atoms with Gasteiger partial charge in [0, 0.05) is 11.1 Å². The predicted molar refractivity (Wildman–Crippen MR) is 92.7 cm³/mol. The average molecular weight is 326 g/mol. The van der Waals surface area contributed by atoms with Gasteiger partial charge in [-0.25, -0.2) is 5.48 Å². The van der Waals surface area contributed by atoms with Gasteiger partial charge >= 0.3 is 0 Å². The van der Waals surface area contributed by atoms with Crippen LogP contribution in [-0.4, -0.2) is 17.0 Å².